The molecule has 0 aliphatic carbocycles. The summed E-state index contributed by atoms with van der Waals surface area (Å²) in [4.78, 5) is 122. The van der Waals surface area contributed by atoms with Gasteiger partial charge >= 0.3 is 12.1 Å². The SMILES string of the molecule is C.C.C.C.COc1c(C(=O)CN2CCCCC2)c2ccccc2n1-c1ccc(Cl)cc1.[C-]#[N+]c1ccc(-n2c(C)c(C(=O)CN3CCCCC3)c3ccc(CCC(=O)OCC)cc32)cc1.[C-]#[N+]c1ccc(-n2c(C)c(C(=O)CN3CCCCC3)c3ncc(CN4CCCC4=O)cc32)cc1.[C-]#[N+]c1ccc(-n2c(C)c(C(=O)CN3CCCCC3)c3ncc(CN4CCOC4=O)cc32)cc1. The Kier molecular flexibility index (Phi) is 35.5. The number of hydrogen-bond acceptors (Lipinski definition) is 16. The number of pyridine rings is 2. The van der Waals surface area contributed by atoms with E-state index in [2.05, 4.69) is 55.4 Å². The number of esters is 1. The van der Waals surface area contributed by atoms with E-state index in [-0.39, 0.29) is 70.8 Å². The van der Waals surface area contributed by atoms with Crippen LogP contribution in [0.3, 0.4) is 0 Å². The number of aryl methyl sites for hydroxylation is 1. The third kappa shape index (κ3) is 23.2. The Hall–Kier alpha value is -12.9. The lowest BCUT2D eigenvalue weighted by atomic mass is 10.0. The maximum atomic E-state index is 13.5. The fraction of sp³-hybridized carbons (Fsp3) is 0.402. The van der Waals surface area contributed by atoms with Crippen molar-refractivity contribution in [2.24, 2.45) is 0 Å². The molecule has 0 spiro atoms. The maximum Gasteiger partial charge on any atom is 0.410 e. The Morgan fingerprint density at radius 3 is 1.23 bits per heavy atom. The summed E-state index contributed by atoms with van der Waals surface area (Å²) in [6.07, 6.45) is 19.7. The Balaban J connectivity index is 0.000000170. The lowest BCUT2D eigenvalue weighted by molar-refractivity contribution is -0.143. The number of Topliss-reactive ketones (excluding diaryl/α,β-unsaturated/α-hetero) is 4. The van der Waals surface area contributed by atoms with Crippen LogP contribution in [0.15, 0.2) is 164 Å². The number of para-hydroxylation sites is 1. The summed E-state index contributed by atoms with van der Waals surface area (Å²) >= 11 is 6.05. The Labute approximate surface area is 787 Å². The first kappa shape index (κ1) is 101. The molecule has 6 aromatic carbocycles. The van der Waals surface area contributed by atoms with E-state index in [1.807, 2.05) is 138 Å². The molecule has 26 heteroatoms. The van der Waals surface area contributed by atoms with Gasteiger partial charge in [-0.05, 0) is 246 Å². The van der Waals surface area contributed by atoms with Gasteiger partial charge in [0.05, 0.1) is 122 Å². The summed E-state index contributed by atoms with van der Waals surface area (Å²) in [5.41, 5.74) is 18.4. The molecule has 0 radical (unpaired) electrons. The molecule has 6 fully saturated rings. The number of likely N-dealkylation sites (tertiary alicyclic amines) is 5. The van der Waals surface area contributed by atoms with Crippen LogP contribution in [-0.4, -0.2) is 211 Å². The van der Waals surface area contributed by atoms with Gasteiger partial charge in [0.25, 0.3) is 0 Å². The largest absolute Gasteiger partial charge is 0.481 e. The average Bonchev–Trinajstić information content (AvgIpc) is 1.62. The van der Waals surface area contributed by atoms with Crippen LogP contribution in [0.4, 0.5) is 21.9 Å². The highest BCUT2D eigenvalue weighted by molar-refractivity contribution is 6.30. The maximum absolute atomic E-state index is 13.5. The molecule has 6 aromatic heterocycles. The molecule has 6 aliphatic rings. The van der Waals surface area contributed by atoms with Crippen molar-refractivity contribution in [2.75, 3.05) is 112 Å². The van der Waals surface area contributed by atoms with E-state index in [1.54, 1.807) is 67.7 Å². The number of ether oxygens (including phenoxy) is 3. The number of cyclic esters (lactones) is 1. The number of halogens is 1. The zero-order chi connectivity index (χ0) is 90.2. The topological polar surface area (TPSA) is 225 Å². The fourth-order valence-corrected chi connectivity index (χ4v) is 19.1. The Bertz CT molecular complexity index is 6060. The van der Waals surface area contributed by atoms with Crippen molar-refractivity contribution in [1.82, 2.24) is 57.6 Å². The van der Waals surface area contributed by atoms with Gasteiger partial charge in [-0.15, -0.1) is 0 Å². The molecule has 18 rings (SSSR count). The first-order valence-electron chi connectivity index (χ1n) is 45.2. The van der Waals surface area contributed by atoms with Crippen molar-refractivity contribution >= 4 is 114 Å². The molecule has 696 valence electrons. The molecule has 0 saturated carbocycles. The van der Waals surface area contributed by atoms with E-state index < -0.39 is 0 Å². The van der Waals surface area contributed by atoms with Gasteiger partial charge in [0, 0.05) is 99.5 Å². The lowest BCUT2D eigenvalue weighted by Crippen LogP contribution is -2.34. The predicted molar refractivity (Wildman–Crippen MR) is 530 cm³/mol. The van der Waals surface area contributed by atoms with E-state index in [0.29, 0.717) is 134 Å². The van der Waals surface area contributed by atoms with Gasteiger partial charge in [0.1, 0.15) is 6.61 Å². The lowest BCUT2D eigenvalue weighted by Gasteiger charge is -2.25. The smallest absolute Gasteiger partial charge is 0.410 e. The Morgan fingerprint density at radius 1 is 0.429 bits per heavy atom. The molecule has 0 N–H and O–H groups in total. The van der Waals surface area contributed by atoms with Crippen LogP contribution in [0.25, 0.3) is 81.2 Å². The van der Waals surface area contributed by atoms with Crippen molar-refractivity contribution in [1.29, 1.82) is 0 Å². The number of amides is 2. The van der Waals surface area contributed by atoms with Gasteiger partial charge < -0.3 is 37.7 Å². The highest BCUT2D eigenvalue weighted by atomic mass is 35.5. The van der Waals surface area contributed by atoms with Crippen LogP contribution in [0.5, 0.6) is 5.88 Å². The van der Waals surface area contributed by atoms with Crippen LogP contribution < -0.4 is 4.74 Å². The summed E-state index contributed by atoms with van der Waals surface area (Å²) in [6.45, 7) is 41.9. The summed E-state index contributed by atoms with van der Waals surface area (Å²) in [5, 5.41) is 2.52. The minimum Gasteiger partial charge on any atom is -0.481 e. The van der Waals surface area contributed by atoms with E-state index >= 15 is 0 Å². The van der Waals surface area contributed by atoms with E-state index in [1.165, 1.54) is 25.7 Å². The molecule has 0 bridgehead atoms. The summed E-state index contributed by atoms with van der Waals surface area (Å²) in [5.74, 6) is 0.971. The van der Waals surface area contributed by atoms with Crippen LogP contribution in [0, 0.1) is 40.5 Å². The fourth-order valence-electron chi connectivity index (χ4n) is 19.0. The highest BCUT2D eigenvalue weighted by Gasteiger charge is 2.32. The van der Waals surface area contributed by atoms with Gasteiger partial charge in [-0.25, -0.2) is 19.3 Å². The summed E-state index contributed by atoms with van der Waals surface area (Å²) < 4.78 is 24.1. The van der Waals surface area contributed by atoms with Gasteiger partial charge in [-0.1, -0.05) is 134 Å². The molecule has 133 heavy (non-hydrogen) atoms. The van der Waals surface area contributed by atoms with Gasteiger partial charge in [-0.3, -0.25) is 62.9 Å². The molecule has 25 nitrogen and oxygen atoms in total. The van der Waals surface area contributed by atoms with Gasteiger partial charge in [0.15, 0.2) is 40.2 Å². The zero-order valence-corrected chi connectivity index (χ0v) is 75.1. The minimum atomic E-state index is -0.321. The van der Waals surface area contributed by atoms with Crippen LogP contribution in [-0.2, 0) is 38.6 Å². The second-order valence-corrected chi connectivity index (χ2v) is 34.5. The number of nitrogens with zero attached hydrogens (tertiary/aromatic N) is 15. The third-order valence-electron chi connectivity index (χ3n) is 25.4. The van der Waals surface area contributed by atoms with E-state index in [9.17, 15) is 33.6 Å². The number of fused-ring (bicyclic) bond motifs is 4. The average molecular weight is 1820 g/mol. The van der Waals surface area contributed by atoms with E-state index in [0.717, 1.165) is 212 Å². The second-order valence-electron chi connectivity index (χ2n) is 34.1. The molecule has 2 amide bonds. The first-order chi connectivity index (χ1) is 62.8. The van der Waals surface area contributed by atoms with Crippen molar-refractivity contribution in [2.45, 2.75) is 173 Å². The first-order valence-corrected chi connectivity index (χ1v) is 45.6. The second kappa shape index (κ2) is 46.9. The van der Waals surface area contributed by atoms with Gasteiger partial charge in [-0.2, -0.15) is 0 Å². The molecule has 12 heterocycles. The molecular weight excluding hydrogens is 1690 g/mol. The van der Waals surface area contributed by atoms with Crippen molar-refractivity contribution in [3.05, 3.63) is 259 Å². The number of methoxy groups -OCH3 is 1. The van der Waals surface area contributed by atoms with Gasteiger partial charge in [0.2, 0.25) is 11.8 Å². The number of ketones is 4. The summed E-state index contributed by atoms with van der Waals surface area (Å²) in [7, 11) is 1.62. The molecule has 0 atom stereocenters. The number of carbonyl (C=O) groups excluding carboxylic acids is 7. The standard InChI is InChI=1S/C28H31N3O3.C27H29N5O2.C26H27N5O3.C22H23ClN2O2.4CH4/c1-4-34-27(33)15-9-21-8-14-24-25(18-21)31(23-12-10-22(29-3)11-13-23)20(2)28(24)26(32)19-30-16-6-5-7-17-30;1-19-26(24(33)18-30-12-4-3-5-13-30)27-23(32(19)22-10-8-21(28-2)9-11-22)15-20(16-29-27)17-31-14-6-7-25(31)34;1-18-24(23(32)17-29-10-4-3-5-11-29)25-22(31(18)21-8-6-20(27-2)7-9-21)14-19(15-28-25)16-30-12-13-34-26(30)33;1-27-22-21(20(26)15-24-13-5-2-6-14-24)18-7-3-4-8-19(18)25(22)17-11-9-16(23)10-12-17;;;;/h8,10-14,18H,4-7,9,15-17,19H2,1-2H3;8-11,15-16H,3-7,12-14,17-18H2,1H3;6-9,14-15H,3-5,10-13,16-17H2,1H3;3-4,7-12H,2,5-6,13-15H2,1H3;4*1H4. The number of aromatic nitrogens is 6. The van der Waals surface area contributed by atoms with Crippen LogP contribution >= 0.6 is 11.6 Å². The Morgan fingerprint density at radius 2 is 0.820 bits per heavy atom. The van der Waals surface area contributed by atoms with Crippen molar-refractivity contribution in [3.63, 3.8) is 0 Å². The molecule has 6 saturated heterocycles. The van der Waals surface area contributed by atoms with Crippen LogP contribution in [0.2, 0.25) is 5.02 Å². The molecular formula is C107H126ClN15O10. The number of rotatable bonds is 25. The molecule has 12 aromatic rings. The van der Waals surface area contributed by atoms with Crippen molar-refractivity contribution < 1.29 is 47.8 Å². The monoisotopic (exact) mass is 1820 g/mol. The zero-order valence-electron chi connectivity index (χ0n) is 74.3. The van der Waals surface area contributed by atoms with Crippen LogP contribution in [0.1, 0.15) is 208 Å². The third-order valence-corrected chi connectivity index (χ3v) is 25.6. The van der Waals surface area contributed by atoms with Crippen molar-refractivity contribution in [3.8, 4) is 28.6 Å². The number of piperidine rings is 4. The molecule has 0 unspecified atom stereocenters. The number of hydrogen-bond donors (Lipinski definition) is 0. The minimum absolute atomic E-state index is 0. The quantitative estimate of drug-likeness (QED) is 0.0294. The normalized spacial score (nSPS) is 15.2. The highest BCUT2D eigenvalue weighted by Crippen LogP contribution is 2.39. The predicted octanol–water partition coefficient (Wildman–Crippen LogP) is 22.3. The number of benzene rings is 6. The number of carbonyl (C=O) groups is 7. The molecule has 6 aliphatic heterocycles. The van der Waals surface area contributed by atoms with E-state index in [4.69, 9.17) is 55.5 Å². The summed E-state index contributed by atoms with van der Waals surface area (Å²) in [6, 6.07) is 47.9.